The monoisotopic (exact) mass is 208 g/mol. The molecule has 0 spiro atoms. The van der Waals surface area contributed by atoms with E-state index in [1.54, 1.807) is 12.1 Å². The lowest BCUT2D eigenvalue weighted by Crippen LogP contribution is -2.38. The molecule has 5 N–H and O–H groups in total. The van der Waals surface area contributed by atoms with Gasteiger partial charge in [-0.15, -0.1) is 0 Å². The minimum atomic E-state index is -0.674. The smallest absolute Gasteiger partial charge is 0.234 e. The maximum Gasteiger partial charge on any atom is 0.234 e. The minimum Gasteiger partial charge on any atom is -0.508 e. The summed E-state index contributed by atoms with van der Waals surface area (Å²) < 4.78 is 0. The predicted octanol–water partition coefficient (Wildman–Crippen LogP) is 0.364. The summed E-state index contributed by atoms with van der Waals surface area (Å²) in [5.41, 5.74) is 13.5. The zero-order valence-corrected chi connectivity index (χ0v) is 8.95. The normalized spacial score (nSPS) is 12.5. The van der Waals surface area contributed by atoms with Crippen molar-refractivity contribution in [1.29, 1.82) is 0 Å². The van der Waals surface area contributed by atoms with Gasteiger partial charge in [0.25, 0.3) is 0 Å². The first-order chi connectivity index (χ1) is 6.91. The fraction of sp³-hybridized carbons (Fsp3) is 0.364. The molecule has 0 saturated heterocycles. The summed E-state index contributed by atoms with van der Waals surface area (Å²) in [7, 11) is 0. The molecule has 0 fully saturated rings. The highest BCUT2D eigenvalue weighted by Gasteiger charge is 2.13. The van der Waals surface area contributed by atoms with Crippen LogP contribution in [0.3, 0.4) is 0 Å². The lowest BCUT2D eigenvalue weighted by molar-refractivity contribution is -0.119. The third kappa shape index (κ3) is 2.70. The number of hydrogen-bond acceptors (Lipinski definition) is 3. The molecular weight excluding hydrogens is 192 g/mol. The number of aromatic hydroxyl groups is 1. The van der Waals surface area contributed by atoms with Gasteiger partial charge in [0.15, 0.2) is 0 Å². The maximum absolute atomic E-state index is 10.8. The fourth-order valence-electron chi connectivity index (χ4n) is 1.61. The van der Waals surface area contributed by atoms with Crippen LogP contribution in [-0.4, -0.2) is 17.1 Å². The molecule has 15 heavy (non-hydrogen) atoms. The Bertz CT molecular complexity index is 365. The van der Waals surface area contributed by atoms with E-state index < -0.39 is 11.9 Å². The summed E-state index contributed by atoms with van der Waals surface area (Å²) in [6, 6.07) is 2.62. The Balaban J connectivity index is 3.00. The molecule has 0 radical (unpaired) electrons. The average Bonchev–Trinajstić information content (AvgIpc) is 2.10. The van der Waals surface area contributed by atoms with Crippen LogP contribution in [-0.2, 0) is 11.2 Å². The molecule has 82 valence electrons. The van der Waals surface area contributed by atoms with E-state index in [0.29, 0.717) is 6.42 Å². The molecule has 1 amide bonds. The van der Waals surface area contributed by atoms with Gasteiger partial charge >= 0.3 is 0 Å². The quantitative estimate of drug-likeness (QED) is 0.670. The van der Waals surface area contributed by atoms with Gasteiger partial charge in [0.2, 0.25) is 5.91 Å². The zero-order chi connectivity index (χ0) is 11.6. The molecule has 0 heterocycles. The van der Waals surface area contributed by atoms with Crippen molar-refractivity contribution in [1.82, 2.24) is 0 Å². The minimum absolute atomic E-state index is 0.224. The van der Waals surface area contributed by atoms with Gasteiger partial charge in [-0.3, -0.25) is 4.79 Å². The second-order valence-corrected chi connectivity index (χ2v) is 3.77. The number of nitrogens with two attached hydrogens (primary N) is 2. The summed E-state index contributed by atoms with van der Waals surface area (Å²) in [6.45, 7) is 3.74. The second kappa shape index (κ2) is 4.31. The van der Waals surface area contributed by atoms with Gasteiger partial charge in [0.05, 0.1) is 6.04 Å². The number of carbonyl (C=O) groups excluding carboxylic acids is 1. The summed E-state index contributed by atoms with van der Waals surface area (Å²) >= 11 is 0. The average molecular weight is 208 g/mol. The summed E-state index contributed by atoms with van der Waals surface area (Å²) in [6.07, 6.45) is 0.410. The first-order valence-corrected chi connectivity index (χ1v) is 4.75. The lowest BCUT2D eigenvalue weighted by atomic mass is 9.96. The van der Waals surface area contributed by atoms with Gasteiger partial charge in [0.1, 0.15) is 5.75 Å². The van der Waals surface area contributed by atoms with Crippen molar-refractivity contribution in [2.24, 2.45) is 11.5 Å². The topological polar surface area (TPSA) is 89.3 Å². The SMILES string of the molecule is Cc1cc(O)cc(C)c1C[C@H](N)C(N)=O. The van der Waals surface area contributed by atoms with E-state index in [1.165, 1.54) is 0 Å². The van der Waals surface area contributed by atoms with Crippen molar-refractivity contribution >= 4 is 5.91 Å². The number of phenols is 1. The number of phenolic OH excluding ortho intramolecular Hbond substituents is 1. The molecule has 0 saturated carbocycles. The van der Waals surface area contributed by atoms with Crippen molar-refractivity contribution in [2.75, 3.05) is 0 Å². The van der Waals surface area contributed by atoms with Crippen LogP contribution in [0, 0.1) is 13.8 Å². The Kier molecular flexibility index (Phi) is 3.31. The highest BCUT2D eigenvalue weighted by atomic mass is 16.3. The number of hydrogen-bond donors (Lipinski definition) is 3. The number of aryl methyl sites for hydroxylation is 2. The van der Waals surface area contributed by atoms with Gasteiger partial charge in [-0.05, 0) is 49.1 Å². The van der Waals surface area contributed by atoms with Crippen LogP contribution in [0.15, 0.2) is 12.1 Å². The Morgan fingerprint density at radius 1 is 1.40 bits per heavy atom. The van der Waals surface area contributed by atoms with Crippen LogP contribution >= 0.6 is 0 Å². The lowest BCUT2D eigenvalue weighted by Gasteiger charge is -2.13. The molecule has 1 rings (SSSR count). The molecule has 0 aliphatic heterocycles. The molecule has 0 aliphatic carbocycles. The molecule has 1 aromatic carbocycles. The van der Waals surface area contributed by atoms with Crippen molar-refractivity contribution in [3.8, 4) is 5.75 Å². The highest BCUT2D eigenvalue weighted by Crippen LogP contribution is 2.21. The van der Waals surface area contributed by atoms with E-state index in [9.17, 15) is 9.90 Å². The molecule has 0 aromatic heterocycles. The summed E-state index contributed by atoms with van der Waals surface area (Å²) in [5.74, 6) is -0.289. The maximum atomic E-state index is 10.8. The number of primary amides is 1. The van der Waals surface area contributed by atoms with Crippen LogP contribution in [0.1, 0.15) is 16.7 Å². The summed E-state index contributed by atoms with van der Waals surface area (Å²) in [5, 5.41) is 9.34. The second-order valence-electron chi connectivity index (χ2n) is 3.77. The van der Waals surface area contributed by atoms with Crippen LogP contribution in [0.5, 0.6) is 5.75 Å². The zero-order valence-electron chi connectivity index (χ0n) is 8.95. The first-order valence-electron chi connectivity index (χ1n) is 4.75. The van der Waals surface area contributed by atoms with E-state index in [-0.39, 0.29) is 5.75 Å². The number of amides is 1. The van der Waals surface area contributed by atoms with E-state index in [0.717, 1.165) is 16.7 Å². The van der Waals surface area contributed by atoms with E-state index in [2.05, 4.69) is 0 Å². The van der Waals surface area contributed by atoms with E-state index in [1.807, 2.05) is 13.8 Å². The molecule has 0 bridgehead atoms. The van der Waals surface area contributed by atoms with E-state index in [4.69, 9.17) is 11.5 Å². The van der Waals surface area contributed by atoms with Crippen molar-refractivity contribution in [3.05, 3.63) is 28.8 Å². The Morgan fingerprint density at radius 3 is 2.27 bits per heavy atom. The third-order valence-electron chi connectivity index (χ3n) is 2.47. The van der Waals surface area contributed by atoms with Gasteiger partial charge in [0, 0.05) is 0 Å². The molecule has 4 heteroatoms. The Morgan fingerprint density at radius 2 is 1.87 bits per heavy atom. The van der Waals surface area contributed by atoms with Crippen LogP contribution in [0.4, 0.5) is 0 Å². The standard InChI is InChI=1S/C11H16N2O2/c1-6-3-8(14)4-7(2)9(6)5-10(12)11(13)15/h3-4,10,14H,5,12H2,1-2H3,(H2,13,15)/t10-/m0/s1. The van der Waals surface area contributed by atoms with Crippen molar-refractivity contribution in [2.45, 2.75) is 26.3 Å². The fourth-order valence-corrected chi connectivity index (χ4v) is 1.61. The summed E-state index contributed by atoms with van der Waals surface area (Å²) in [4.78, 5) is 10.8. The molecule has 1 atom stereocenters. The molecular formula is C11H16N2O2. The number of carbonyl (C=O) groups is 1. The molecule has 4 nitrogen and oxygen atoms in total. The number of benzene rings is 1. The Hall–Kier alpha value is -1.55. The predicted molar refractivity (Wildman–Crippen MR) is 58.5 cm³/mol. The van der Waals surface area contributed by atoms with Crippen molar-refractivity contribution < 1.29 is 9.90 Å². The van der Waals surface area contributed by atoms with Crippen LogP contribution in [0.25, 0.3) is 0 Å². The van der Waals surface area contributed by atoms with Gasteiger partial charge in [-0.2, -0.15) is 0 Å². The molecule has 1 aromatic rings. The van der Waals surface area contributed by atoms with Gasteiger partial charge in [-0.25, -0.2) is 0 Å². The van der Waals surface area contributed by atoms with Crippen LogP contribution in [0.2, 0.25) is 0 Å². The number of rotatable bonds is 3. The largest absolute Gasteiger partial charge is 0.508 e. The van der Waals surface area contributed by atoms with E-state index >= 15 is 0 Å². The highest BCUT2D eigenvalue weighted by molar-refractivity contribution is 5.80. The molecule has 0 aliphatic rings. The third-order valence-corrected chi connectivity index (χ3v) is 2.47. The Labute approximate surface area is 88.9 Å². The van der Waals surface area contributed by atoms with Gasteiger partial charge in [-0.1, -0.05) is 0 Å². The first kappa shape index (κ1) is 11.5. The molecule has 0 unspecified atom stereocenters. The van der Waals surface area contributed by atoms with Crippen molar-refractivity contribution in [3.63, 3.8) is 0 Å². The van der Waals surface area contributed by atoms with Crippen LogP contribution < -0.4 is 11.5 Å². The van der Waals surface area contributed by atoms with Gasteiger partial charge < -0.3 is 16.6 Å².